The Hall–Kier alpha value is -3.19. The van der Waals surface area contributed by atoms with Crippen LogP contribution in [-0.2, 0) is 11.2 Å². The molecule has 3 aromatic rings. The standard InChI is InChI=1S/C30H26Cl3NO5/c1-37-30(36)18-8-5-16-9-12-25(39-26(16)13-18)20-11-10-19(14-24(20)33)38-15-21(29(35)17-6-7-17)28(34)27-22(31)3-2-4-23(27)32/h2-5,8,10-11,13-14,17,25,34-35H,6-7,9,12,15H2,1H3/b29-21-,34-28?. The van der Waals surface area contributed by atoms with Crippen LogP contribution in [0.2, 0.25) is 15.1 Å². The second-order valence-corrected chi connectivity index (χ2v) is 10.8. The number of esters is 1. The number of halogens is 3. The van der Waals surface area contributed by atoms with Crippen LogP contribution in [0.4, 0.5) is 0 Å². The van der Waals surface area contributed by atoms with Gasteiger partial charge in [0.15, 0.2) is 0 Å². The minimum absolute atomic E-state index is 0.00204. The van der Waals surface area contributed by atoms with Gasteiger partial charge in [-0.05, 0) is 67.6 Å². The lowest BCUT2D eigenvalue weighted by Crippen LogP contribution is -2.17. The van der Waals surface area contributed by atoms with E-state index in [4.69, 9.17) is 54.4 Å². The normalized spacial score (nSPS) is 17.0. The van der Waals surface area contributed by atoms with E-state index in [-0.39, 0.29) is 30.1 Å². The van der Waals surface area contributed by atoms with Gasteiger partial charge in [0.1, 0.15) is 30.0 Å². The summed E-state index contributed by atoms with van der Waals surface area (Å²) < 4.78 is 17.0. The Morgan fingerprint density at radius 1 is 1.03 bits per heavy atom. The molecule has 0 radical (unpaired) electrons. The third kappa shape index (κ3) is 5.88. The van der Waals surface area contributed by atoms with E-state index in [1.165, 1.54) is 7.11 Å². The maximum Gasteiger partial charge on any atom is 0.337 e. The van der Waals surface area contributed by atoms with Crippen molar-refractivity contribution in [3.63, 3.8) is 0 Å². The minimum Gasteiger partial charge on any atom is -0.512 e. The fourth-order valence-corrected chi connectivity index (χ4v) is 5.49. The predicted octanol–water partition coefficient (Wildman–Crippen LogP) is 8.17. The molecule has 6 nitrogen and oxygen atoms in total. The molecule has 3 aromatic carbocycles. The summed E-state index contributed by atoms with van der Waals surface area (Å²) in [5, 5.41) is 20.8. The zero-order chi connectivity index (χ0) is 27.7. The SMILES string of the molecule is COC(=O)c1ccc2c(c1)OC(c1ccc(OC/C(C(=N)c3c(Cl)cccc3Cl)=C(/O)C3CC3)cc1Cl)CC2. The molecule has 1 fully saturated rings. The monoisotopic (exact) mass is 585 g/mol. The second-order valence-electron chi connectivity index (χ2n) is 9.54. The summed E-state index contributed by atoms with van der Waals surface area (Å²) in [4.78, 5) is 11.9. The van der Waals surface area contributed by atoms with Crippen molar-refractivity contribution in [2.24, 2.45) is 5.92 Å². The Balaban J connectivity index is 1.33. The van der Waals surface area contributed by atoms with Gasteiger partial charge >= 0.3 is 5.97 Å². The number of carbonyl (C=O) groups is 1. The molecule has 39 heavy (non-hydrogen) atoms. The summed E-state index contributed by atoms with van der Waals surface area (Å²) in [7, 11) is 1.34. The van der Waals surface area contributed by atoms with Gasteiger partial charge in [-0.15, -0.1) is 0 Å². The van der Waals surface area contributed by atoms with Crippen molar-refractivity contribution in [3.05, 3.63) is 103 Å². The Morgan fingerprint density at radius 3 is 2.44 bits per heavy atom. The maximum absolute atomic E-state index is 11.9. The zero-order valence-corrected chi connectivity index (χ0v) is 23.4. The minimum atomic E-state index is -0.422. The van der Waals surface area contributed by atoms with E-state index < -0.39 is 5.97 Å². The number of aliphatic hydroxyl groups excluding tert-OH is 1. The molecule has 1 unspecified atom stereocenters. The number of aryl methyl sites for hydroxylation is 1. The third-order valence-electron chi connectivity index (χ3n) is 6.92. The van der Waals surface area contributed by atoms with E-state index in [1.807, 2.05) is 12.1 Å². The van der Waals surface area contributed by atoms with Crippen LogP contribution in [0.5, 0.6) is 11.5 Å². The van der Waals surface area contributed by atoms with Gasteiger partial charge in [0.25, 0.3) is 0 Å². The third-order valence-corrected chi connectivity index (χ3v) is 7.88. The average Bonchev–Trinajstić information content (AvgIpc) is 3.78. The van der Waals surface area contributed by atoms with E-state index in [2.05, 4.69) is 0 Å². The molecule has 0 saturated heterocycles. The van der Waals surface area contributed by atoms with Crippen LogP contribution in [0.1, 0.15) is 52.4 Å². The molecule has 0 spiro atoms. The Morgan fingerprint density at radius 2 is 1.77 bits per heavy atom. The first-order valence-electron chi connectivity index (χ1n) is 12.5. The molecule has 9 heteroatoms. The van der Waals surface area contributed by atoms with Crippen LogP contribution in [-0.4, -0.2) is 30.5 Å². The summed E-state index contributed by atoms with van der Waals surface area (Å²) >= 11 is 19.3. The fraction of sp³-hybridized carbons (Fsp3) is 0.267. The lowest BCUT2D eigenvalue weighted by atomic mass is 9.96. The Bertz CT molecular complexity index is 1460. The van der Waals surface area contributed by atoms with E-state index in [0.29, 0.717) is 43.3 Å². The van der Waals surface area contributed by atoms with E-state index in [1.54, 1.807) is 42.5 Å². The first-order chi connectivity index (χ1) is 18.8. The summed E-state index contributed by atoms with van der Waals surface area (Å²) in [5.74, 6) is 0.815. The molecule has 2 N–H and O–H groups in total. The van der Waals surface area contributed by atoms with E-state index in [9.17, 15) is 9.90 Å². The molecule has 202 valence electrons. The quantitative estimate of drug-likeness (QED) is 0.158. The van der Waals surface area contributed by atoms with Crippen molar-refractivity contribution in [2.45, 2.75) is 31.8 Å². The molecule has 0 aromatic heterocycles. The highest BCUT2D eigenvalue weighted by atomic mass is 35.5. The number of allylic oxidation sites excluding steroid dienone is 1. The van der Waals surface area contributed by atoms with Gasteiger partial charge in [0, 0.05) is 17.0 Å². The van der Waals surface area contributed by atoms with Gasteiger partial charge in [-0.25, -0.2) is 4.79 Å². The molecule has 1 saturated carbocycles. The number of benzene rings is 3. The van der Waals surface area contributed by atoms with Gasteiger partial charge in [0.2, 0.25) is 0 Å². The van der Waals surface area contributed by atoms with Crippen LogP contribution in [0.25, 0.3) is 0 Å². The lowest BCUT2D eigenvalue weighted by Gasteiger charge is -2.27. The number of nitrogens with one attached hydrogen (secondary N) is 1. The Labute approximate surface area is 241 Å². The first-order valence-corrected chi connectivity index (χ1v) is 13.7. The maximum atomic E-state index is 11.9. The van der Waals surface area contributed by atoms with Crippen molar-refractivity contribution in [1.29, 1.82) is 5.41 Å². The van der Waals surface area contributed by atoms with E-state index in [0.717, 1.165) is 36.8 Å². The topological polar surface area (TPSA) is 88.8 Å². The number of carbonyl (C=O) groups excluding carboxylic acids is 1. The molecular weight excluding hydrogens is 561 g/mol. The molecule has 1 aliphatic heterocycles. The van der Waals surface area contributed by atoms with Crippen molar-refractivity contribution in [2.75, 3.05) is 13.7 Å². The number of methoxy groups -OCH3 is 1. The molecule has 0 amide bonds. The molecule has 2 aliphatic rings. The van der Waals surface area contributed by atoms with Crippen LogP contribution in [0, 0.1) is 11.3 Å². The molecule has 0 bridgehead atoms. The van der Waals surface area contributed by atoms with Crippen molar-refractivity contribution in [1.82, 2.24) is 0 Å². The average molecular weight is 587 g/mol. The molecule has 1 aliphatic carbocycles. The Kier molecular flexibility index (Phi) is 8.08. The predicted molar refractivity (Wildman–Crippen MR) is 152 cm³/mol. The van der Waals surface area contributed by atoms with E-state index >= 15 is 0 Å². The number of fused-ring (bicyclic) bond motifs is 1. The van der Waals surface area contributed by atoms with Gasteiger partial charge < -0.3 is 19.3 Å². The summed E-state index contributed by atoms with van der Waals surface area (Å²) in [6, 6.07) is 15.6. The van der Waals surface area contributed by atoms with Crippen molar-refractivity contribution >= 4 is 46.5 Å². The van der Waals surface area contributed by atoms with Crippen LogP contribution >= 0.6 is 34.8 Å². The van der Waals surface area contributed by atoms with Gasteiger partial charge in [0.05, 0.1) is 39.0 Å². The van der Waals surface area contributed by atoms with Crippen LogP contribution < -0.4 is 9.47 Å². The highest BCUT2D eigenvalue weighted by Crippen LogP contribution is 2.40. The number of rotatable bonds is 8. The van der Waals surface area contributed by atoms with Crippen molar-refractivity contribution in [3.8, 4) is 11.5 Å². The van der Waals surface area contributed by atoms with Crippen LogP contribution in [0.15, 0.2) is 65.9 Å². The lowest BCUT2D eigenvalue weighted by molar-refractivity contribution is 0.0599. The second kappa shape index (κ2) is 11.5. The van der Waals surface area contributed by atoms with Gasteiger partial charge in [-0.3, -0.25) is 5.41 Å². The molecular formula is C30H26Cl3NO5. The fourth-order valence-electron chi connectivity index (χ4n) is 4.61. The summed E-state index contributed by atoms with van der Waals surface area (Å²) in [5.41, 5.74) is 2.95. The number of aliphatic hydroxyl groups is 1. The molecule has 1 heterocycles. The molecule has 5 rings (SSSR count). The first kappa shape index (κ1) is 27.4. The largest absolute Gasteiger partial charge is 0.512 e. The highest BCUT2D eigenvalue weighted by Gasteiger charge is 2.31. The van der Waals surface area contributed by atoms with Crippen LogP contribution in [0.3, 0.4) is 0 Å². The highest BCUT2D eigenvalue weighted by molar-refractivity contribution is 6.41. The van der Waals surface area contributed by atoms with Gasteiger partial charge in [-0.1, -0.05) is 53.0 Å². The van der Waals surface area contributed by atoms with Gasteiger partial charge in [-0.2, -0.15) is 0 Å². The molecule has 1 atom stereocenters. The van der Waals surface area contributed by atoms with Crippen molar-refractivity contribution < 1.29 is 24.1 Å². The summed E-state index contributed by atoms with van der Waals surface area (Å²) in [6.45, 7) is -0.0536. The number of hydrogen-bond donors (Lipinski definition) is 2. The summed E-state index contributed by atoms with van der Waals surface area (Å²) in [6.07, 6.45) is 2.91. The number of hydrogen-bond acceptors (Lipinski definition) is 6. The smallest absolute Gasteiger partial charge is 0.337 e. The number of ether oxygens (including phenoxy) is 3. The zero-order valence-electron chi connectivity index (χ0n) is 21.1.